The quantitative estimate of drug-likeness (QED) is 0.764. The summed E-state index contributed by atoms with van der Waals surface area (Å²) in [5, 5.41) is 6.42. The Bertz CT molecular complexity index is 876. The van der Waals surface area contributed by atoms with Crippen molar-refractivity contribution in [3.63, 3.8) is 0 Å². The first-order valence-electron chi connectivity index (χ1n) is 10.5. The maximum Gasteiger partial charge on any atom is 0.253 e. The van der Waals surface area contributed by atoms with Gasteiger partial charge in [-0.15, -0.1) is 0 Å². The van der Waals surface area contributed by atoms with E-state index in [4.69, 9.17) is 4.74 Å². The lowest BCUT2D eigenvalue weighted by molar-refractivity contribution is 0.0724. The molecule has 1 saturated heterocycles. The molecule has 7 heteroatoms. The molecular weight excluding hydrogens is 366 g/mol. The van der Waals surface area contributed by atoms with E-state index < -0.39 is 0 Å². The fourth-order valence-corrected chi connectivity index (χ4v) is 4.00. The third-order valence-corrected chi connectivity index (χ3v) is 5.94. The van der Waals surface area contributed by atoms with Gasteiger partial charge in [-0.3, -0.25) is 4.79 Å². The minimum atomic E-state index is 0.0631. The van der Waals surface area contributed by atoms with Crippen LogP contribution in [0.25, 0.3) is 0 Å². The minimum absolute atomic E-state index is 0.0631. The number of methoxy groups -OCH3 is 1. The van der Waals surface area contributed by atoms with Crippen molar-refractivity contribution in [3.05, 3.63) is 35.5 Å². The molecule has 2 aliphatic rings. The first-order chi connectivity index (χ1) is 14.2. The van der Waals surface area contributed by atoms with Crippen LogP contribution in [0.5, 0.6) is 5.75 Å². The molecule has 1 aromatic carbocycles. The Hall–Kier alpha value is -2.83. The van der Waals surface area contributed by atoms with Crippen molar-refractivity contribution in [1.29, 1.82) is 0 Å². The van der Waals surface area contributed by atoms with Crippen molar-refractivity contribution >= 4 is 23.4 Å². The summed E-state index contributed by atoms with van der Waals surface area (Å²) in [7, 11) is 3.49. The Morgan fingerprint density at radius 1 is 1.17 bits per heavy atom. The number of rotatable bonds is 6. The molecule has 154 valence electrons. The van der Waals surface area contributed by atoms with Gasteiger partial charge in [0, 0.05) is 37.5 Å². The standard InChI is InChI=1S/C22H29N5O2/c1-23-20-17(15-7-6-8-15)14-24-22(26-20)25-18-10-9-16(13-19(18)29-2)21(28)27-11-4-3-5-12-27/h9-10,13-15H,3-8,11-12H2,1-2H3,(H2,23,24,25,26). The van der Waals surface area contributed by atoms with Gasteiger partial charge in [-0.2, -0.15) is 4.98 Å². The van der Waals surface area contributed by atoms with Crippen LogP contribution in [-0.4, -0.2) is 48.0 Å². The maximum atomic E-state index is 12.8. The number of hydrogen-bond donors (Lipinski definition) is 2. The van der Waals surface area contributed by atoms with Gasteiger partial charge in [0.1, 0.15) is 11.6 Å². The average molecular weight is 396 g/mol. The number of carbonyl (C=O) groups is 1. The Balaban J connectivity index is 1.53. The number of piperidine rings is 1. The second-order valence-corrected chi connectivity index (χ2v) is 7.77. The van der Waals surface area contributed by atoms with Crippen LogP contribution in [0, 0.1) is 0 Å². The number of nitrogens with one attached hydrogen (secondary N) is 2. The number of ether oxygens (including phenoxy) is 1. The highest BCUT2D eigenvalue weighted by Crippen LogP contribution is 2.39. The van der Waals surface area contributed by atoms with Crippen molar-refractivity contribution in [3.8, 4) is 5.75 Å². The van der Waals surface area contributed by atoms with Crippen LogP contribution in [-0.2, 0) is 0 Å². The summed E-state index contributed by atoms with van der Waals surface area (Å²) in [6, 6.07) is 5.49. The van der Waals surface area contributed by atoms with Crippen molar-refractivity contribution < 1.29 is 9.53 Å². The molecule has 7 nitrogen and oxygen atoms in total. The Kier molecular flexibility index (Phi) is 5.83. The average Bonchev–Trinajstić information content (AvgIpc) is 2.74. The molecule has 0 unspecified atom stereocenters. The topological polar surface area (TPSA) is 79.4 Å². The van der Waals surface area contributed by atoms with Crippen LogP contribution in [0.1, 0.15) is 60.4 Å². The normalized spacial score (nSPS) is 16.8. The number of aromatic nitrogens is 2. The molecule has 2 fully saturated rings. The van der Waals surface area contributed by atoms with Crippen LogP contribution in [0.15, 0.2) is 24.4 Å². The fraction of sp³-hybridized carbons (Fsp3) is 0.500. The van der Waals surface area contributed by atoms with Gasteiger partial charge >= 0.3 is 0 Å². The number of anilines is 3. The van der Waals surface area contributed by atoms with Gasteiger partial charge in [-0.25, -0.2) is 4.98 Å². The molecule has 29 heavy (non-hydrogen) atoms. The fourth-order valence-electron chi connectivity index (χ4n) is 4.00. The zero-order chi connectivity index (χ0) is 20.2. The van der Waals surface area contributed by atoms with E-state index in [-0.39, 0.29) is 5.91 Å². The van der Waals surface area contributed by atoms with Gasteiger partial charge < -0.3 is 20.3 Å². The molecule has 0 atom stereocenters. The summed E-state index contributed by atoms with van der Waals surface area (Å²) >= 11 is 0. The van der Waals surface area contributed by atoms with Crippen LogP contribution in [0.2, 0.25) is 0 Å². The Morgan fingerprint density at radius 2 is 1.97 bits per heavy atom. The molecule has 1 amide bonds. The first-order valence-corrected chi connectivity index (χ1v) is 10.5. The predicted molar refractivity (Wildman–Crippen MR) is 114 cm³/mol. The van der Waals surface area contributed by atoms with Gasteiger partial charge in [0.25, 0.3) is 5.91 Å². The highest BCUT2D eigenvalue weighted by atomic mass is 16.5. The molecule has 0 bridgehead atoms. The number of hydrogen-bond acceptors (Lipinski definition) is 6. The molecule has 1 aliphatic carbocycles. The highest BCUT2D eigenvalue weighted by Gasteiger charge is 2.24. The molecule has 1 aliphatic heterocycles. The number of carbonyl (C=O) groups excluding carboxylic acids is 1. The summed E-state index contributed by atoms with van der Waals surface area (Å²) in [5.74, 6) is 2.59. The van der Waals surface area contributed by atoms with Crippen LogP contribution >= 0.6 is 0 Å². The summed E-state index contributed by atoms with van der Waals surface area (Å²) in [6.07, 6.45) is 8.93. The summed E-state index contributed by atoms with van der Waals surface area (Å²) in [5.41, 5.74) is 2.56. The second kappa shape index (κ2) is 8.68. The maximum absolute atomic E-state index is 12.8. The first kappa shape index (κ1) is 19.5. The number of amides is 1. The van der Waals surface area contributed by atoms with E-state index >= 15 is 0 Å². The second-order valence-electron chi connectivity index (χ2n) is 7.77. The van der Waals surface area contributed by atoms with Crippen molar-refractivity contribution in [2.75, 3.05) is 37.9 Å². The lowest BCUT2D eigenvalue weighted by Gasteiger charge is -2.27. The SMILES string of the molecule is CNc1nc(Nc2ccc(C(=O)N3CCCCC3)cc2OC)ncc1C1CCC1. The van der Waals surface area contributed by atoms with E-state index in [1.807, 2.05) is 30.3 Å². The van der Waals surface area contributed by atoms with E-state index in [1.54, 1.807) is 13.2 Å². The van der Waals surface area contributed by atoms with E-state index in [1.165, 1.54) is 31.2 Å². The van der Waals surface area contributed by atoms with Crippen molar-refractivity contribution in [2.45, 2.75) is 44.4 Å². The molecule has 0 radical (unpaired) electrons. The lowest BCUT2D eigenvalue weighted by atomic mass is 9.81. The van der Waals surface area contributed by atoms with Crippen LogP contribution in [0.4, 0.5) is 17.5 Å². The smallest absolute Gasteiger partial charge is 0.253 e. The number of likely N-dealkylation sites (tertiary alicyclic amines) is 1. The Morgan fingerprint density at radius 3 is 2.62 bits per heavy atom. The lowest BCUT2D eigenvalue weighted by Crippen LogP contribution is -2.35. The molecular formula is C22H29N5O2. The van der Waals surface area contributed by atoms with Gasteiger partial charge in [-0.1, -0.05) is 6.42 Å². The number of benzene rings is 1. The number of nitrogens with zero attached hydrogens (tertiary/aromatic N) is 3. The predicted octanol–water partition coefficient (Wildman–Crippen LogP) is 4.16. The third kappa shape index (κ3) is 4.13. The van der Waals surface area contributed by atoms with E-state index in [2.05, 4.69) is 20.6 Å². The summed E-state index contributed by atoms with van der Waals surface area (Å²) < 4.78 is 5.54. The van der Waals surface area contributed by atoms with Gasteiger partial charge in [0.15, 0.2) is 0 Å². The molecule has 2 N–H and O–H groups in total. The molecule has 0 spiro atoms. The molecule has 1 aromatic heterocycles. The summed E-state index contributed by atoms with van der Waals surface area (Å²) in [6.45, 7) is 1.66. The Labute approximate surface area is 171 Å². The molecule has 2 heterocycles. The van der Waals surface area contributed by atoms with E-state index in [0.717, 1.165) is 37.4 Å². The largest absolute Gasteiger partial charge is 0.495 e. The monoisotopic (exact) mass is 395 g/mol. The zero-order valence-corrected chi connectivity index (χ0v) is 17.2. The van der Waals surface area contributed by atoms with E-state index in [0.29, 0.717) is 23.2 Å². The molecule has 2 aromatic rings. The summed E-state index contributed by atoms with van der Waals surface area (Å²) in [4.78, 5) is 23.8. The van der Waals surface area contributed by atoms with Crippen LogP contribution in [0.3, 0.4) is 0 Å². The van der Waals surface area contributed by atoms with Gasteiger partial charge in [0.2, 0.25) is 5.95 Å². The van der Waals surface area contributed by atoms with Crippen molar-refractivity contribution in [1.82, 2.24) is 14.9 Å². The minimum Gasteiger partial charge on any atom is -0.495 e. The third-order valence-electron chi connectivity index (χ3n) is 5.94. The van der Waals surface area contributed by atoms with E-state index in [9.17, 15) is 4.79 Å². The van der Waals surface area contributed by atoms with Gasteiger partial charge in [0.05, 0.1) is 12.8 Å². The van der Waals surface area contributed by atoms with Gasteiger partial charge in [-0.05, 0) is 56.2 Å². The highest BCUT2D eigenvalue weighted by molar-refractivity contribution is 5.95. The zero-order valence-electron chi connectivity index (χ0n) is 17.2. The molecule has 4 rings (SSSR count). The van der Waals surface area contributed by atoms with Crippen molar-refractivity contribution in [2.24, 2.45) is 0 Å². The molecule has 1 saturated carbocycles. The van der Waals surface area contributed by atoms with Crippen LogP contribution < -0.4 is 15.4 Å².